The number of carbonyl (C=O) groups excluding carboxylic acids is 1. The summed E-state index contributed by atoms with van der Waals surface area (Å²) in [6.07, 6.45) is 0.199. The van der Waals surface area contributed by atoms with Gasteiger partial charge in [-0.05, 0) is 0 Å². The van der Waals surface area contributed by atoms with Crippen molar-refractivity contribution in [3.05, 3.63) is 60.7 Å². The molecule has 1 aliphatic rings. The van der Waals surface area contributed by atoms with Crippen LogP contribution in [0.3, 0.4) is 0 Å². The number of rotatable bonds is 3. The van der Waals surface area contributed by atoms with E-state index in [-0.39, 0.29) is 23.2 Å². The molecule has 4 heteroatoms. The van der Waals surface area contributed by atoms with Crippen molar-refractivity contribution in [2.75, 3.05) is 13.2 Å². The number of ether oxygens (including phenoxy) is 2. The quantitative estimate of drug-likeness (QED) is 0.377. The number of hydrogen-bond donors (Lipinski definition) is 0. The van der Waals surface area contributed by atoms with E-state index in [1.807, 2.05) is 60.7 Å². The molecule has 1 saturated heterocycles. The van der Waals surface area contributed by atoms with Crippen molar-refractivity contribution in [3.8, 4) is 0 Å². The maximum absolute atomic E-state index is 9.46. The van der Waals surface area contributed by atoms with Crippen LogP contribution < -0.4 is 0 Å². The fourth-order valence-corrected chi connectivity index (χ4v) is 0.952. The molecule has 1 heterocycles. The van der Waals surface area contributed by atoms with E-state index < -0.39 is 0 Å². The molecule has 18 heavy (non-hydrogen) atoms. The first-order chi connectivity index (χ1) is 8.43. The molecular weight excluding hydrogens is 272 g/mol. The summed E-state index contributed by atoms with van der Waals surface area (Å²) in [6, 6.07) is 20.0. The largest absolute Gasteiger partial charge is 0.748 e. The first-order valence-electron chi connectivity index (χ1n) is 5.43. The topological polar surface area (TPSA) is 38.8 Å². The molecular formula is C14H16FeO3-6. The Balaban J connectivity index is 0.000000239. The van der Waals surface area contributed by atoms with Crippen LogP contribution in [-0.2, 0) is 31.3 Å². The SMILES string of the molecule is O=COCC1CO1.[Fe].[cH-]1[cH-][cH-][cH-][cH-]1.c1cc[cH-]c1. The van der Waals surface area contributed by atoms with Crippen molar-refractivity contribution >= 4 is 6.47 Å². The van der Waals surface area contributed by atoms with E-state index in [2.05, 4.69) is 4.74 Å². The summed E-state index contributed by atoms with van der Waals surface area (Å²) in [7, 11) is 0. The maximum Gasteiger partial charge on any atom is 0.293 e. The van der Waals surface area contributed by atoms with Gasteiger partial charge >= 0.3 is 0 Å². The molecule has 0 N–H and O–H groups in total. The van der Waals surface area contributed by atoms with Gasteiger partial charge in [0.1, 0.15) is 12.7 Å². The summed E-state index contributed by atoms with van der Waals surface area (Å²) in [4.78, 5) is 9.46. The van der Waals surface area contributed by atoms with Gasteiger partial charge in [-0.2, -0.15) is 18.2 Å². The Labute approximate surface area is 118 Å². The zero-order valence-corrected chi connectivity index (χ0v) is 11.0. The zero-order chi connectivity index (χ0) is 12.2. The van der Waals surface area contributed by atoms with Gasteiger partial charge < -0.3 is 39.8 Å². The molecule has 3 rings (SSSR count). The third kappa shape index (κ3) is 11.1. The minimum absolute atomic E-state index is 0. The maximum atomic E-state index is 9.46. The van der Waals surface area contributed by atoms with Gasteiger partial charge in [0, 0.05) is 17.1 Å². The smallest absolute Gasteiger partial charge is 0.293 e. The van der Waals surface area contributed by atoms with E-state index >= 15 is 0 Å². The second kappa shape index (κ2) is 12.1. The Morgan fingerprint density at radius 3 is 1.94 bits per heavy atom. The second-order valence-electron chi connectivity index (χ2n) is 3.31. The molecule has 104 valence electrons. The molecule has 0 aromatic heterocycles. The molecule has 2 aromatic rings. The number of carbonyl (C=O) groups is 1. The van der Waals surface area contributed by atoms with E-state index in [4.69, 9.17) is 4.74 Å². The van der Waals surface area contributed by atoms with Gasteiger partial charge in [0.05, 0.1) is 6.61 Å². The Hall–Kier alpha value is -1.35. The minimum atomic E-state index is 0. The first kappa shape index (κ1) is 16.6. The van der Waals surface area contributed by atoms with Crippen LogP contribution in [-0.4, -0.2) is 25.8 Å². The molecule has 0 bridgehead atoms. The van der Waals surface area contributed by atoms with E-state index in [1.54, 1.807) is 0 Å². The molecule has 0 saturated carbocycles. The molecule has 2 aromatic carbocycles. The zero-order valence-electron chi connectivity index (χ0n) is 9.92. The number of epoxide rings is 1. The molecule has 1 aliphatic heterocycles. The summed E-state index contributed by atoms with van der Waals surface area (Å²) in [6.45, 7) is 1.60. The Kier molecular flexibility index (Phi) is 11.2. The van der Waals surface area contributed by atoms with Crippen LogP contribution in [0.2, 0.25) is 0 Å². The van der Waals surface area contributed by atoms with E-state index in [9.17, 15) is 4.79 Å². The van der Waals surface area contributed by atoms with Crippen molar-refractivity contribution in [2.24, 2.45) is 0 Å². The number of hydrogen-bond acceptors (Lipinski definition) is 3. The summed E-state index contributed by atoms with van der Waals surface area (Å²) in [5.41, 5.74) is 0. The molecule has 0 amide bonds. The molecule has 1 fully saturated rings. The van der Waals surface area contributed by atoms with E-state index in [1.165, 1.54) is 0 Å². The summed E-state index contributed by atoms with van der Waals surface area (Å²) < 4.78 is 9.08. The van der Waals surface area contributed by atoms with Gasteiger partial charge in [-0.15, -0.1) is 0 Å². The summed E-state index contributed by atoms with van der Waals surface area (Å²) in [5.74, 6) is 0. The summed E-state index contributed by atoms with van der Waals surface area (Å²) >= 11 is 0. The predicted molar refractivity (Wildman–Crippen MR) is 65.8 cm³/mol. The molecule has 0 radical (unpaired) electrons. The van der Waals surface area contributed by atoms with Crippen molar-refractivity contribution in [2.45, 2.75) is 6.10 Å². The molecule has 0 spiro atoms. The van der Waals surface area contributed by atoms with Gasteiger partial charge in [0.15, 0.2) is 0 Å². The van der Waals surface area contributed by atoms with Gasteiger partial charge in [-0.1, -0.05) is 0 Å². The van der Waals surface area contributed by atoms with Gasteiger partial charge in [-0.3, -0.25) is 4.79 Å². The van der Waals surface area contributed by atoms with Gasteiger partial charge in [0.2, 0.25) is 0 Å². The van der Waals surface area contributed by atoms with Crippen LogP contribution in [0.25, 0.3) is 0 Å². The van der Waals surface area contributed by atoms with Crippen LogP contribution >= 0.6 is 0 Å². The average Bonchev–Trinajstić information content (AvgIpc) is 2.86. The third-order valence-electron chi connectivity index (χ3n) is 1.86. The van der Waals surface area contributed by atoms with Gasteiger partial charge in [0.25, 0.3) is 6.47 Å². The van der Waals surface area contributed by atoms with E-state index in [0.717, 1.165) is 6.61 Å². The standard InChI is InChI=1S/2C5H5.C4H6O3.Fe/c2*1-2-4-5-3-1;5-3-6-1-4-2-7-4;/h2*1-5H;3-4H,1-2H2;/q-5;-1;;. The molecule has 3 nitrogen and oxygen atoms in total. The fraction of sp³-hybridized carbons (Fsp3) is 0.214. The minimum Gasteiger partial charge on any atom is -0.748 e. The Morgan fingerprint density at radius 1 is 1.17 bits per heavy atom. The predicted octanol–water partition coefficient (Wildman–Crippen LogP) is 2.37. The summed E-state index contributed by atoms with van der Waals surface area (Å²) in [5, 5.41) is 0. The van der Waals surface area contributed by atoms with Crippen molar-refractivity contribution in [3.63, 3.8) is 0 Å². The van der Waals surface area contributed by atoms with Gasteiger partial charge in [-0.25, -0.2) is 12.1 Å². The van der Waals surface area contributed by atoms with Crippen LogP contribution in [0, 0.1) is 0 Å². The Bertz CT molecular complexity index is 278. The van der Waals surface area contributed by atoms with Crippen molar-refractivity contribution in [1.29, 1.82) is 0 Å². The van der Waals surface area contributed by atoms with Crippen molar-refractivity contribution in [1.82, 2.24) is 0 Å². The third-order valence-corrected chi connectivity index (χ3v) is 1.86. The Morgan fingerprint density at radius 2 is 1.67 bits per heavy atom. The van der Waals surface area contributed by atoms with E-state index in [0.29, 0.717) is 13.1 Å². The molecule has 0 aliphatic carbocycles. The molecule has 1 unspecified atom stereocenters. The average molecular weight is 288 g/mol. The van der Waals surface area contributed by atoms with Crippen LogP contribution in [0.5, 0.6) is 0 Å². The van der Waals surface area contributed by atoms with Crippen LogP contribution in [0.4, 0.5) is 0 Å². The second-order valence-corrected chi connectivity index (χ2v) is 3.31. The fourth-order valence-electron chi connectivity index (χ4n) is 0.952. The molecule has 1 atom stereocenters. The monoisotopic (exact) mass is 288 g/mol. The first-order valence-corrected chi connectivity index (χ1v) is 5.43. The van der Waals surface area contributed by atoms with Crippen molar-refractivity contribution < 1.29 is 31.3 Å². The normalized spacial score (nSPS) is 14.8. The van der Waals surface area contributed by atoms with Crippen LogP contribution in [0.1, 0.15) is 0 Å². The van der Waals surface area contributed by atoms with Crippen LogP contribution in [0.15, 0.2) is 60.7 Å².